The molecule has 1 heterocycles. The van der Waals surface area contributed by atoms with Gasteiger partial charge in [0.15, 0.2) is 0 Å². The molecule has 0 bridgehead atoms. The van der Waals surface area contributed by atoms with Crippen molar-refractivity contribution in [3.8, 4) is 0 Å². The van der Waals surface area contributed by atoms with E-state index in [0.29, 0.717) is 24.3 Å². The van der Waals surface area contributed by atoms with Crippen LogP contribution in [-0.4, -0.2) is 54.9 Å². The summed E-state index contributed by atoms with van der Waals surface area (Å²) in [5.41, 5.74) is 0. The highest BCUT2D eigenvalue weighted by atomic mass is 16.1. The Morgan fingerprint density at radius 3 is 2.64 bits per heavy atom. The van der Waals surface area contributed by atoms with Crippen molar-refractivity contribution in [2.24, 2.45) is 0 Å². The third-order valence-corrected chi connectivity index (χ3v) is 3.13. The van der Waals surface area contributed by atoms with E-state index in [0.717, 1.165) is 13.1 Å². The Morgan fingerprint density at radius 2 is 2.21 bits per heavy atom. The van der Waals surface area contributed by atoms with Crippen molar-refractivity contribution < 1.29 is 4.79 Å². The highest BCUT2D eigenvalue weighted by molar-refractivity contribution is 5.76. The van der Waals surface area contributed by atoms with E-state index in [1.807, 2.05) is 0 Å². The Hall–Kier alpha value is -0.410. The van der Waals surface area contributed by atoms with Crippen LogP contribution in [0.4, 0.5) is 0 Å². The Balaban J connectivity index is 2.37. The number of carbonyl (C=O) groups is 1. The molecule has 0 N–H and O–H groups in total. The van der Waals surface area contributed by atoms with Crippen molar-refractivity contribution in [2.75, 3.05) is 27.2 Å². The average molecular weight is 198 g/mol. The second kappa shape index (κ2) is 4.89. The molecule has 1 aliphatic rings. The molecule has 0 aromatic heterocycles. The van der Waals surface area contributed by atoms with E-state index in [1.54, 1.807) is 6.92 Å². The first-order chi connectivity index (χ1) is 6.50. The highest BCUT2D eigenvalue weighted by Gasteiger charge is 2.27. The summed E-state index contributed by atoms with van der Waals surface area (Å²) in [4.78, 5) is 15.7. The molecule has 0 amide bonds. The summed E-state index contributed by atoms with van der Waals surface area (Å²) in [5, 5.41) is 0. The van der Waals surface area contributed by atoms with Crippen LogP contribution in [0.25, 0.3) is 0 Å². The van der Waals surface area contributed by atoms with Gasteiger partial charge in [0, 0.05) is 31.6 Å². The van der Waals surface area contributed by atoms with Crippen molar-refractivity contribution in [1.82, 2.24) is 9.80 Å². The smallest absolute Gasteiger partial charge is 0.131 e. The summed E-state index contributed by atoms with van der Waals surface area (Å²) in [7, 11) is 4.26. The van der Waals surface area contributed by atoms with E-state index in [9.17, 15) is 4.79 Å². The molecule has 1 saturated heterocycles. The minimum Gasteiger partial charge on any atom is -0.305 e. The van der Waals surface area contributed by atoms with Crippen LogP contribution in [0.1, 0.15) is 26.7 Å². The first-order valence-corrected chi connectivity index (χ1v) is 5.40. The predicted octanol–water partition coefficient (Wildman–Crippen LogP) is 0.990. The van der Waals surface area contributed by atoms with Gasteiger partial charge >= 0.3 is 0 Å². The van der Waals surface area contributed by atoms with E-state index >= 15 is 0 Å². The fourth-order valence-electron chi connectivity index (χ4n) is 2.14. The summed E-state index contributed by atoms with van der Waals surface area (Å²) in [6, 6.07) is 1.09. The van der Waals surface area contributed by atoms with Gasteiger partial charge in [0.1, 0.15) is 5.78 Å². The van der Waals surface area contributed by atoms with Gasteiger partial charge in [0.2, 0.25) is 0 Å². The molecular formula is C11H22N2O. The first kappa shape index (κ1) is 11.7. The summed E-state index contributed by atoms with van der Waals surface area (Å²) in [6.07, 6.45) is 1.93. The summed E-state index contributed by atoms with van der Waals surface area (Å²) >= 11 is 0. The molecule has 82 valence electrons. The van der Waals surface area contributed by atoms with Crippen LogP contribution in [0.15, 0.2) is 0 Å². The van der Waals surface area contributed by atoms with Gasteiger partial charge in [-0.1, -0.05) is 0 Å². The second-order valence-corrected chi connectivity index (χ2v) is 4.66. The summed E-state index contributed by atoms with van der Waals surface area (Å²) in [6.45, 7) is 6.08. The lowest BCUT2D eigenvalue weighted by molar-refractivity contribution is -0.118. The van der Waals surface area contributed by atoms with E-state index in [4.69, 9.17) is 0 Å². The fraction of sp³-hybridized carbons (Fsp3) is 0.909. The van der Waals surface area contributed by atoms with Crippen molar-refractivity contribution in [3.63, 3.8) is 0 Å². The molecule has 0 saturated carbocycles. The molecule has 2 unspecified atom stereocenters. The van der Waals surface area contributed by atoms with Gasteiger partial charge in [-0.05, 0) is 34.4 Å². The lowest BCUT2D eigenvalue weighted by atomic mass is 10.1. The maximum absolute atomic E-state index is 11.0. The Labute approximate surface area is 87.1 Å². The van der Waals surface area contributed by atoms with Crippen LogP contribution >= 0.6 is 0 Å². The maximum atomic E-state index is 11.0. The largest absolute Gasteiger partial charge is 0.305 e. The molecule has 1 rings (SSSR count). The minimum absolute atomic E-state index is 0.297. The molecular weight excluding hydrogens is 176 g/mol. The minimum atomic E-state index is 0.297. The summed E-state index contributed by atoms with van der Waals surface area (Å²) < 4.78 is 0. The molecule has 1 fully saturated rings. The number of hydrogen-bond donors (Lipinski definition) is 0. The van der Waals surface area contributed by atoms with Crippen LogP contribution in [0.5, 0.6) is 0 Å². The molecule has 3 heteroatoms. The maximum Gasteiger partial charge on any atom is 0.131 e. The van der Waals surface area contributed by atoms with Crippen LogP contribution in [-0.2, 0) is 4.79 Å². The molecule has 14 heavy (non-hydrogen) atoms. The zero-order valence-electron chi connectivity index (χ0n) is 9.79. The number of nitrogens with zero attached hydrogens (tertiary/aromatic N) is 2. The second-order valence-electron chi connectivity index (χ2n) is 4.66. The van der Waals surface area contributed by atoms with Gasteiger partial charge in [-0.3, -0.25) is 9.69 Å². The van der Waals surface area contributed by atoms with E-state index in [1.165, 1.54) is 6.42 Å². The van der Waals surface area contributed by atoms with Crippen LogP contribution in [0.2, 0.25) is 0 Å². The highest BCUT2D eigenvalue weighted by Crippen LogP contribution is 2.17. The third-order valence-electron chi connectivity index (χ3n) is 3.13. The number of rotatable bonds is 4. The lowest BCUT2D eigenvalue weighted by Gasteiger charge is -2.25. The zero-order chi connectivity index (χ0) is 10.7. The van der Waals surface area contributed by atoms with Crippen molar-refractivity contribution in [3.05, 3.63) is 0 Å². The van der Waals surface area contributed by atoms with Crippen LogP contribution in [0, 0.1) is 0 Å². The Morgan fingerprint density at radius 1 is 1.57 bits per heavy atom. The topological polar surface area (TPSA) is 23.6 Å². The number of ketones is 1. The lowest BCUT2D eigenvalue weighted by Crippen LogP contribution is -2.36. The van der Waals surface area contributed by atoms with Gasteiger partial charge in [0.25, 0.3) is 0 Å². The SMILES string of the molecule is CC(=O)CC(C)N1CCC(N(C)C)C1. The first-order valence-electron chi connectivity index (χ1n) is 5.40. The summed E-state index contributed by atoms with van der Waals surface area (Å²) in [5.74, 6) is 0.297. The quantitative estimate of drug-likeness (QED) is 0.673. The Bertz CT molecular complexity index is 203. The molecule has 2 atom stereocenters. The number of likely N-dealkylation sites (tertiary alicyclic amines) is 1. The average Bonchev–Trinajstić information content (AvgIpc) is 2.50. The van der Waals surface area contributed by atoms with E-state index < -0.39 is 0 Å². The van der Waals surface area contributed by atoms with Crippen molar-refractivity contribution in [1.29, 1.82) is 0 Å². The van der Waals surface area contributed by atoms with Gasteiger partial charge in [-0.15, -0.1) is 0 Å². The van der Waals surface area contributed by atoms with Crippen molar-refractivity contribution in [2.45, 2.75) is 38.8 Å². The zero-order valence-corrected chi connectivity index (χ0v) is 9.79. The van der Waals surface area contributed by atoms with Gasteiger partial charge < -0.3 is 4.90 Å². The van der Waals surface area contributed by atoms with E-state index in [-0.39, 0.29) is 0 Å². The van der Waals surface area contributed by atoms with Crippen LogP contribution in [0.3, 0.4) is 0 Å². The number of hydrogen-bond acceptors (Lipinski definition) is 3. The molecule has 0 aliphatic carbocycles. The van der Waals surface area contributed by atoms with Gasteiger partial charge in [0.05, 0.1) is 0 Å². The molecule has 0 radical (unpaired) electrons. The van der Waals surface area contributed by atoms with Gasteiger partial charge in [-0.2, -0.15) is 0 Å². The van der Waals surface area contributed by atoms with E-state index in [2.05, 4.69) is 30.8 Å². The molecule has 1 aliphatic heterocycles. The van der Waals surface area contributed by atoms with Gasteiger partial charge in [-0.25, -0.2) is 0 Å². The molecule has 0 spiro atoms. The predicted molar refractivity (Wildman–Crippen MR) is 58.4 cm³/mol. The number of Topliss-reactive ketones (excluding diaryl/α,β-unsaturated/α-hetero) is 1. The number of carbonyl (C=O) groups excluding carboxylic acids is 1. The molecule has 0 aromatic carbocycles. The van der Waals surface area contributed by atoms with Crippen molar-refractivity contribution >= 4 is 5.78 Å². The standard InChI is InChI=1S/C11H22N2O/c1-9(7-10(2)14)13-6-5-11(8-13)12(3)4/h9,11H,5-8H2,1-4H3. The monoisotopic (exact) mass is 198 g/mol. The molecule has 3 nitrogen and oxygen atoms in total. The Kier molecular flexibility index (Phi) is 4.08. The normalized spacial score (nSPS) is 25.6. The number of likely N-dealkylation sites (N-methyl/N-ethyl adjacent to an activating group) is 1. The molecule has 0 aromatic rings. The third kappa shape index (κ3) is 3.07. The fourth-order valence-corrected chi connectivity index (χ4v) is 2.14. The van der Waals surface area contributed by atoms with Crippen LogP contribution < -0.4 is 0 Å².